The minimum absolute atomic E-state index is 0.0625. The number of carbonyl (C=O) groups is 1. The first-order chi connectivity index (χ1) is 7.65. The molecule has 0 saturated heterocycles. The summed E-state index contributed by atoms with van der Waals surface area (Å²) in [6.45, 7) is 4.61. The molecule has 4 heteroatoms. The van der Waals surface area contributed by atoms with Gasteiger partial charge in [0, 0.05) is 6.54 Å². The maximum absolute atomic E-state index is 11.8. The van der Waals surface area contributed by atoms with Crippen molar-refractivity contribution in [2.24, 2.45) is 5.73 Å². The lowest BCUT2D eigenvalue weighted by Gasteiger charge is -2.31. The molecule has 0 aliphatic heterocycles. The molecule has 0 aromatic carbocycles. The molecule has 1 aromatic heterocycles. The van der Waals surface area contributed by atoms with E-state index in [0.717, 1.165) is 18.4 Å². The second-order valence-corrected chi connectivity index (χ2v) is 4.83. The van der Waals surface area contributed by atoms with E-state index >= 15 is 0 Å². The monoisotopic (exact) mass is 240 g/mol. The average Bonchev–Trinajstić information content (AvgIpc) is 2.79. The molecule has 1 amide bonds. The van der Waals surface area contributed by atoms with Crippen molar-refractivity contribution < 1.29 is 4.79 Å². The number of nitrogens with two attached hydrogens (primary N) is 1. The maximum Gasteiger partial charge on any atom is 0.224 e. The largest absolute Gasteiger partial charge is 0.349 e. The summed E-state index contributed by atoms with van der Waals surface area (Å²) >= 11 is 1.61. The molecule has 3 nitrogen and oxygen atoms in total. The lowest BCUT2D eigenvalue weighted by molar-refractivity contribution is -0.122. The second-order valence-electron chi connectivity index (χ2n) is 4.05. The van der Waals surface area contributed by atoms with Crippen molar-refractivity contribution >= 4 is 17.2 Å². The van der Waals surface area contributed by atoms with Crippen LogP contribution in [0.4, 0.5) is 0 Å². The van der Waals surface area contributed by atoms with E-state index in [4.69, 9.17) is 5.73 Å². The highest BCUT2D eigenvalue weighted by Gasteiger charge is 2.26. The fourth-order valence-electron chi connectivity index (χ4n) is 1.69. The molecule has 16 heavy (non-hydrogen) atoms. The summed E-state index contributed by atoms with van der Waals surface area (Å²) in [7, 11) is 0. The smallest absolute Gasteiger partial charge is 0.224 e. The molecule has 1 rings (SSSR count). The zero-order valence-electron chi connectivity index (χ0n) is 9.95. The van der Waals surface area contributed by atoms with Crippen molar-refractivity contribution in [2.45, 2.75) is 38.6 Å². The van der Waals surface area contributed by atoms with Crippen molar-refractivity contribution in [1.82, 2.24) is 5.32 Å². The first kappa shape index (κ1) is 13.2. The molecule has 0 fully saturated rings. The Morgan fingerprint density at radius 1 is 1.50 bits per heavy atom. The summed E-state index contributed by atoms with van der Waals surface area (Å²) in [5, 5.41) is 7.04. The van der Waals surface area contributed by atoms with E-state index in [1.807, 2.05) is 16.8 Å². The van der Waals surface area contributed by atoms with Crippen LogP contribution in [-0.2, 0) is 11.2 Å². The third kappa shape index (κ3) is 3.32. The summed E-state index contributed by atoms with van der Waals surface area (Å²) in [4.78, 5) is 11.8. The zero-order valence-corrected chi connectivity index (χ0v) is 10.8. The van der Waals surface area contributed by atoms with Crippen LogP contribution in [0.1, 0.15) is 32.3 Å². The van der Waals surface area contributed by atoms with Gasteiger partial charge in [0.05, 0.1) is 12.0 Å². The summed E-state index contributed by atoms with van der Waals surface area (Å²) in [6.07, 6.45) is 2.19. The number of rotatable bonds is 6. The van der Waals surface area contributed by atoms with Crippen LogP contribution < -0.4 is 11.1 Å². The molecule has 0 atom stereocenters. The van der Waals surface area contributed by atoms with Crippen molar-refractivity contribution in [3.63, 3.8) is 0 Å². The van der Waals surface area contributed by atoms with Gasteiger partial charge in [-0.3, -0.25) is 4.79 Å². The van der Waals surface area contributed by atoms with Gasteiger partial charge in [0.2, 0.25) is 5.91 Å². The molecule has 0 saturated carbocycles. The minimum Gasteiger partial charge on any atom is -0.349 e. The van der Waals surface area contributed by atoms with Crippen LogP contribution in [0, 0.1) is 0 Å². The molecule has 1 aromatic rings. The van der Waals surface area contributed by atoms with E-state index in [2.05, 4.69) is 19.2 Å². The summed E-state index contributed by atoms with van der Waals surface area (Å²) in [5.41, 5.74) is 6.58. The summed E-state index contributed by atoms with van der Waals surface area (Å²) in [5.74, 6) is 0.0625. The molecule has 0 aliphatic carbocycles. The molecule has 90 valence electrons. The SMILES string of the molecule is CCC(CC)(CN)NC(=O)Cc1ccsc1. The maximum atomic E-state index is 11.8. The van der Waals surface area contributed by atoms with E-state index in [1.165, 1.54) is 0 Å². The zero-order chi connectivity index (χ0) is 12.0. The number of hydrogen-bond acceptors (Lipinski definition) is 3. The topological polar surface area (TPSA) is 55.1 Å². The standard InChI is InChI=1S/C12H20N2OS/c1-3-12(4-2,9-13)14-11(15)7-10-5-6-16-8-10/h5-6,8H,3-4,7,9,13H2,1-2H3,(H,14,15). The Morgan fingerprint density at radius 3 is 2.62 bits per heavy atom. The predicted octanol–water partition coefficient (Wildman–Crippen LogP) is 1.92. The van der Waals surface area contributed by atoms with Gasteiger partial charge in [-0.25, -0.2) is 0 Å². The molecular weight excluding hydrogens is 220 g/mol. The first-order valence-corrected chi connectivity index (χ1v) is 6.62. The van der Waals surface area contributed by atoms with Crippen LogP contribution in [0.5, 0.6) is 0 Å². The average molecular weight is 240 g/mol. The third-order valence-corrected chi connectivity index (χ3v) is 3.83. The number of nitrogens with one attached hydrogen (secondary N) is 1. The number of carbonyl (C=O) groups excluding carboxylic acids is 1. The van der Waals surface area contributed by atoms with Crippen molar-refractivity contribution in [3.05, 3.63) is 22.4 Å². The van der Waals surface area contributed by atoms with E-state index in [1.54, 1.807) is 11.3 Å². The molecule has 1 heterocycles. The van der Waals surface area contributed by atoms with Gasteiger partial charge in [0.15, 0.2) is 0 Å². The van der Waals surface area contributed by atoms with Crippen LogP contribution in [0.15, 0.2) is 16.8 Å². The van der Waals surface area contributed by atoms with Crippen LogP contribution >= 0.6 is 11.3 Å². The van der Waals surface area contributed by atoms with Gasteiger partial charge in [0.25, 0.3) is 0 Å². The Bertz CT molecular complexity index is 310. The molecular formula is C12H20N2OS. The third-order valence-electron chi connectivity index (χ3n) is 3.09. The molecule has 3 N–H and O–H groups in total. The van der Waals surface area contributed by atoms with Gasteiger partial charge in [-0.05, 0) is 35.2 Å². The highest BCUT2D eigenvalue weighted by molar-refractivity contribution is 7.07. The molecule has 0 radical (unpaired) electrons. The summed E-state index contributed by atoms with van der Waals surface area (Å²) < 4.78 is 0. The first-order valence-electron chi connectivity index (χ1n) is 5.68. The van der Waals surface area contributed by atoms with Crippen LogP contribution in [-0.4, -0.2) is 18.0 Å². The lowest BCUT2D eigenvalue weighted by atomic mass is 9.92. The Labute approximate surface area is 101 Å². The Kier molecular flexibility index (Phi) is 4.96. The fourth-order valence-corrected chi connectivity index (χ4v) is 2.35. The van der Waals surface area contributed by atoms with Gasteiger partial charge < -0.3 is 11.1 Å². The normalized spacial score (nSPS) is 11.4. The molecule has 0 bridgehead atoms. The van der Waals surface area contributed by atoms with Gasteiger partial charge in [-0.15, -0.1) is 0 Å². The predicted molar refractivity (Wildman–Crippen MR) is 68.5 cm³/mol. The molecule has 0 aliphatic rings. The van der Waals surface area contributed by atoms with Crippen molar-refractivity contribution in [1.29, 1.82) is 0 Å². The Morgan fingerprint density at radius 2 is 2.19 bits per heavy atom. The lowest BCUT2D eigenvalue weighted by Crippen LogP contribution is -2.53. The van der Waals surface area contributed by atoms with Gasteiger partial charge >= 0.3 is 0 Å². The quantitative estimate of drug-likeness (QED) is 0.798. The van der Waals surface area contributed by atoms with Gasteiger partial charge in [-0.1, -0.05) is 13.8 Å². The van der Waals surface area contributed by atoms with E-state index in [0.29, 0.717) is 13.0 Å². The van der Waals surface area contributed by atoms with Crippen LogP contribution in [0.2, 0.25) is 0 Å². The number of hydrogen-bond donors (Lipinski definition) is 2. The molecule has 0 unspecified atom stereocenters. The van der Waals surface area contributed by atoms with Crippen molar-refractivity contribution in [3.8, 4) is 0 Å². The van der Waals surface area contributed by atoms with E-state index in [-0.39, 0.29) is 11.4 Å². The molecule has 0 spiro atoms. The Hall–Kier alpha value is -0.870. The van der Waals surface area contributed by atoms with Crippen LogP contribution in [0.25, 0.3) is 0 Å². The van der Waals surface area contributed by atoms with Crippen molar-refractivity contribution in [2.75, 3.05) is 6.54 Å². The minimum atomic E-state index is -0.229. The second kappa shape index (κ2) is 6.01. The van der Waals surface area contributed by atoms with Gasteiger partial charge in [0.1, 0.15) is 0 Å². The number of thiophene rings is 1. The van der Waals surface area contributed by atoms with Crippen LogP contribution in [0.3, 0.4) is 0 Å². The Balaban J connectivity index is 2.55. The highest BCUT2D eigenvalue weighted by Crippen LogP contribution is 2.14. The number of amides is 1. The van der Waals surface area contributed by atoms with Gasteiger partial charge in [-0.2, -0.15) is 11.3 Å². The van der Waals surface area contributed by atoms with E-state index < -0.39 is 0 Å². The van der Waals surface area contributed by atoms with E-state index in [9.17, 15) is 4.79 Å². The summed E-state index contributed by atoms with van der Waals surface area (Å²) in [6, 6.07) is 1.98. The fraction of sp³-hybridized carbons (Fsp3) is 0.583. The highest BCUT2D eigenvalue weighted by atomic mass is 32.1.